The van der Waals surface area contributed by atoms with Crippen molar-refractivity contribution in [1.29, 1.82) is 0 Å². The first-order valence-corrected chi connectivity index (χ1v) is 8.48. The first-order valence-electron chi connectivity index (χ1n) is 6.21. The van der Waals surface area contributed by atoms with Gasteiger partial charge in [-0.3, -0.25) is 0 Å². The van der Waals surface area contributed by atoms with Gasteiger partial charge in [0.1, 0.15) is 0 Å². The normalized spacial score (nSPS) is 11.9. The largest absolute Gasteiger partial charge is 0.476 e. The predicted octanol–water partition coefficient (Wildman–Crippen LogP) is 1.68. The van der Waals surface area contributed by atoms with Crippen molar-refractivity contribution in [2.45, 2.75) is 13.3 Å². The monoisotopic (exact) mass is 317 g/mol. The van der Waals surface area contributed by atoms with Crippen LogP contribution in [0.25, 0.3) is 0 Å². The molecule has 1 rings (SSSR count). The van der Waals surface area contributed by atoms with Gasteiger partial charge in [0.25, 0.3) is 0 Å². The number of urea groups is 1. The Kier molecular flexibility index (Phi) is 7.38. The Bertz CT molecular complexity index is 451. The summed E-state index contributed by atoms with van der Waals surface area (Å²) in [4.78, 5) is 26.1. The quantitative estimate of drug-likeness (QED) is 0.678. The van der Waals surface area contributed by atoms with Crippen LogP contribution in [-0.2, 0) is 6.42 Å². The molecule has 0 saturated carbocycles. The number of carboxylic acids is 1. The Balaban J connectivity index is 2.19. The van der Waals surface area contributed by atoms with Gasteiger partial charge in [0, 0.05) is 24.9 Å². The number of nitrogens with zero attached hydrogens (tertiary/aromatic N) is 1. The molecule has 0 bridgehead atoms. The molecule has 0 aliphatic rings. The molecular weight excluding hydrogens is 298 g/mol. The highest BCUT2D eigenvalue weighted by Gasteiger charge is 2.09. The number of thiazole rings is 1. The summed E-state index contributed by atoms with van der Waals surface area (Å²) in [6.07, 6.45) is 2.57. The molecule has 0 aliphatic carbocycles. The highest BCUT2D eigenvalue weighted by Crippen LogP contribution is 2.09. The molecule has 3 N–H and O–H groups in total. The molecule has 2 amide bonds. The van der Waals surface area contributed by atoms with Gasteiger partial charge in [0.05, 0.1) is 5.01 Å². The van der Waals surface area contributed by atoms with Crippen LogP contribution in [0, 0.1) is 5.92 Å². The maximum atomic E-state index is 11.5. The zero-order valence-corrected chi connectivity index (χ0v) is 13.1. The number of carbonyl (C=O) groups is 2. The molecule has 112 valence electrons. The molecule has 0 aliphatic heterocycles. The van der Waals surface area contributed by atoms with Gasteiger partial charge in [0.2, 0.25) is 0 Å². The Hall–Kier alpha value is -1.28. The van der Waals surface area contributed by atoms with Crippen molar-refractivity contribution in [1.82, 2.24) is 15.6 Å². The number of hydrogen-bond donors (Lipinski definition) is 3. The predicted molar refractivity (Wildman–Crippen MR) is 81.7 cm³/mol. The number of carbonyl (C=O) groups excluding carboxylic acids is 1. The van der Waals surface area contributed by atoms with Crippen LogP contribution in [0.4, 0.5) is 4.79 Å². The summed E-state index contributed by atoms with van der Waals surface area (Å²) in [6, 6.07) is -0.201. The van der Waals surface area contributed by atoms with Crippen LogP contribution in [-0.4, -0.2) is 47.2 Å². The molecule has 1 heterocycles. The van der Waals surface area contributed by atoms with Gasteiger partial charge < -0.3 is 15.7 Å². The molecule has 1 aromatic rings. The van der Waals surface area contributed by atoms with E-state index >= 15 is 0 Å². The van der Waals surface area contributed by atoms with Gasteiger partial charge in [-0.1, -0.05) is 6.92 Å². The number of rotatable bonds is 8. The van der Waals surface area contributed by atoms with Gasteiger partial charge in [-0.15, -0.1) is 11.3 Å². The van der Waals surface area contributed by atoms with E-state index in [0.29, 0.717) is 30.4 Å². The zero-order chi connectivity index (χ0) is 15.0. The standard InChI is InChI=1S/C12H19N3O3S2/c1-8(6-19-2)5-14-12(18)13-4-3-10-15-9(7-20-10)11(16)17/h7-8H,3-6H2,1-2H3,(H,16,17)(H2,13,14,18). The molecule has 0 radical (unpaired) electrons. The minimum atomic E-state index is -1.03. The molecule has 1 aromatic heterocycles. The summed E-state index contributed by atoms with van der Waals surface area (Å²) in [5.41, 5.74) is 0.0559. The minimum Gasteiger partial charge on any atom is -0.476 e. The van der Waals surface area contributed by atoms with Crippen molar-refractivity contribution in [2.75, 3.05) is 25.1 Å². The maximum absolute atomic E-state index is 11.5. The van der Waals surface area contributed by atoms with Crippen LogP contribution in [0.1, 0.15) is 22.4 Å². The second kappa shape index (κ2) is 8.80. The summed E-state index contributed by atoms with van der Waals surface area (Å²) in [5.74, 6) is 0.422. The van der Waals surface area contributed by atoms with E-state index in [2.05, 4.69) is 22.5 Å². The Morgan fingerprint density at radius 3 is 2.85 bits per heavy atom. The molecule has 0 fully saturated rings. The summed E-state index contributed by atoms with van der Waals surface area (Å²) in [7, 11) is 0. The number of nitrogens with one attached hydrogen (secondary N) is 2. The van der Waals surface area contributed by atoms with E-state index in [1.807, 2.05) is 6.26 Å². The van der Waals surface area contributed by atoms with Crippen molar-refractivity contribution in [2.24, 2.45) is 5.92 Å². The number of hydrogen-bond acceptors (Lipinski definition) is 5. The average Bonchev–Trinajstić information content (AvgIpc) is 2.86. The van der Waals surface area contributed by atoms with Gasteiger partial charge in [-0.25, -0.2) is 14.6 Å². The van der Waals surface area contributed by atoms with Crippen molar-refractivity contribution in [3.8, 4) is 0 Å². The summed E-state index contributed by atoms with van der Waals surface area (Å²) in [6.45, 7) is 3.17. The van der Waals surface area contributed by atoms with Crippen LogP contribution < -0.4 is 10.6 Å². The number of aromatic nitrogens is 1. The molecule has 6 nitrogen and oxygen atoms in total. The number of thioether (sulfide) groups is 1. The van der Waals surface area contributed by atoms with E-state index in [0.717, 1.165) is 5.75 Å². The van der Waals surface area contributed by atoms with Gasteiger partial charge >= 0.3 is 12.0 Å². The first kappa shape index (κ1) is 16.8. The lowest BCUT2D eigenvalue weighted by Crippen LogP contribution is -2.39. The summed E-state index contributed by atoms with van der Waals surface area (Å²) < 4.78 is 0. The van der Waals surface area contributed by atoms with Crippen LogP contribution in [0.3, 0.4) is 0 Å². The molecule has 0 spiro atoms. The van der Waals surface area contributed by atoms with Crippen LogP contribution >= 0.6 is 23.1 Å². The maximum Gasteiger partial charge on any atom is 0.355 e. The third-order valence-electron chi connectivity index (χ3n) is 2.46. The highest BCUT2D eigenvalue weighted by molar-refractivity contribution is 7.98. The number of carboxylic acid groups (broad SMARTS) is 1. The van der Waals surface area contributed by atoms with E-state index in [9.17, 15) is 9.59 Å². The van der Waals surface area contributed by atoms with E-state index in [4.69, 9.17) is 5.11 Å². The second-order valence-electron chi connectivity index (χ2n) is 4.38. The SMILES string of the molecule is CSCC(C)CNC(=O)NCCc1nc(C(=O)O)cs1. The van der Waals surface area contributed by atoms with Crippen molar-refractivity contribution >= 4 is 35.1 Å². The lowest BCUT2D eigenvalue weighted by molar-refractivity contribution is 0.0691. The van der Waals surface area contributed by atoms with Crippen LogP contribution in [0.2, 0.25) is 0 Å². The fourth-order valence-corrected chi connectivity index (χ4v) is 2.94. The average molecular weight is 317 g/mol. The lowest BCUT2D eigenvalue weighted by Gasteiger charge is -2.11. The minimum absolute atomic E-state index is 0.0559. The fourth-order valence-electron chi connectivity index (χ4n) is 1.48. The Morgan fingerprint density at radius 1 is 1.50 bits per heavy atom. The number of aromatic carboxylic acids is 1. The van der Waals surface area contributed by atoms with E-state index in [1.54, 1.807) is 11.8 Å². The lowest BCUT2D eigenvalue weighted by atomic mass is 10.2. The molecule has 20 heavy (non-hydrogen) atoms. The molecule has 1 unspecified atom stereocenters. The summed E-state index contributed by atoms with van der Waals surface area (Å²) >= 11 is 3.04. The van der Waals surface area contributed by atoms with E-state index < -0.39 is 5.97 Å². The molecule has 0 aromatic carbocycles. The van der Waals surface area contributed by atoms with Gasteiger partial charge in [0.15, 0.2) is 5.69 Å². The molecule has 1 atom stereocenters. The van der Waals surface area contributed by atoms with Crippen LogP contribution in [0.15, 0.2) is 5.38 Å². The van der Waals surface area contributed by atoms with E-state index in [1.165, 1.54) is 16.7 Å². The van der Waals surface area contributed by atoms with Crippen molar-refractivity contribution < 1.29 is 14.7 Å². The zero-order valence-electron chi connectivity index (χ0n) is 11.5. The van der Waals surface area contributed by atoms with Crippen LogP contribution in [0.5, 0.6) is 0 Å². The smallest absolute Gasteiger partial charge is 0.355 e. The molecule has 8 heteroatoms. The Labute approximate surface area is 126 Å². The molecular formula is C12H19N3O3S2. The topological polar surface area (TPSA) is 91.3 Å². The van der Waals surface area contributed by atoms with E-state index in [-0.39, 0.29) is 11.7 Å². The summed E-state index contributed by atoms with van der Waals surface area (Å²) in [5, 5.41) is 16.5. The third kappa shape index (κ3) is 6.25. The van der Waals surface area contributed by atoms with Gasteiger partial charge in [-0.2, -0.15) is 11.8 Å². The molecule has 0 saturated heterocycles. The van der Waals surface area contributed by atoms with Crippen molar-refractivity contribution in [3.63, 3.8) is 0 Å². The van der Waals surface area contributed by atoms with Crippen molar-refractivity contribution in [3.05, 3.63) is 16.1 Å². The van der Waals surface area contributed by atoms with Gasteiger partial charge in [-0.05, 0) is 17.9 Å². The third-order valence-corrected chi connectivity index (χ3v) is 4.27. The Morgan fingerprint density at radius 2 is 2.25 bits per heavy atom. The number of amides is 2. The second-order valence-corrected chi connectivity index (χ2v) is 6.23. The fraction of sp³-hybridized carbons (Fsp3) is 0.583. The first-order chi connectivity index (χ1) is 9.52. The highest BCUT2D eigenvalue weighted by atomic mass is 32.2.